The Balaban J connectivity index is 1.47. The molecular weight excluding hydrogens is 396 g/mol. The molecule has 2 aromatic rings. The van der Waals surface area contributed by atoms with Crippen molar-refractivity contribution in [3.8, 4) is 11.1 Å². The summed E-state index contributed by atoms with van der Waals surface area (Å²) in [4.78, 5) is 6.55. The Kier molecular flexibility index (Phi) is 5.56. The van der Waals surface area contributed by atoms with Crippen molar-refractivity contribution in [2.45, 2.75) is 37.8 Å². The Labute approximate surface area is 172 Å². The molecule has 2 fully saturated rings. The number of aromatic nitrogens is 1. The number of rotatable bonds is 7. The highest BCUT2D eigenvalue weighted by Crippen LogP contribution is 2.50. The number of methoxy groups -OCH3 is 1. The lowest BCUT2D eigenvalue weighted by atomic mass is 9.72. The summed E-state index contributed by atoms with van der Waals surface area (Å²) < 4.78 is 39.3. The maximum atomic E-state index is 14.3. The molecule has 1 unspecified atom stereocenters. The van der Waals surface area contributed by atoms with Gasteiger partial charge >= 0.3 is 0 Å². The summed E-state index contributed by atoms with van der Waals surface area (Å²) >= 11 is 1.48. The van der Waals surface area contributed by atoms with Gasteiger partial charge in [0.05, 0.1) is 31.5 Å². The molecule has 4 rings (SSSR count). The van der Waals surface area contributed by atoms with E-state index >= 15 is 0 Å². The number of likely N-dealkylation sites (tertiary alicyclic amines) is 1. The van der Waals surface area contributed by atoms with E-state index in [4.69, 9.17) is 14.7 Å². The summed E-state index contributed by atoms with van der Waals surface area (Å²) in [5.74, 6) is -2.77. The summed E-state index contributed by atoms with van der Waals surface area (Å²) in [6.07, 6.45) is 2.63. The van der Waals surface area contributed by atoms with E-state index in [9.17, 15) is 8.78 Å². The van der Waals surface area contributed by atoms with E-state index in [1.807, 2.05) is 12.1 Å². The number of nitrogens with zero attached hydrogens (tertiary/aromatic N) is 3. The SMILES string of the molecule is COc1cnc(CN2CC[C@@](CCc3ccc(C#N)cc3)(C3OCC3(F)F)C2)s1. The first-order chi connectivity index (χ1) is 13.9. The van der Waals surface area contributed by atoms with E-state index < -0.39 is 24.0 Å². The summed E-state index contributed by atoms with van der Waals surface area (Å²) in [6, 6.07) is 9.45. The van der Waals surface area contributed by atoms with E-state index in [-0.39, 0.29) is 0 Å². The number of alkyl halides is 2. The van der Waals surface area contributed by atoms with Gasteiger partial charge in [0.1, 0.15) is 17.7 Å². The quantitative estimate of drug-likeness (QED) is 0.682. The Bertz CT molecular complexity index is 896. The zero-order valence-corrected chi connectivity index (χ0v) is 17.1. The predicted molar refractivity (Wildman–Crippen MR) is 105 cm³/mol. The van der Waals surface area contributed by atoms with Gasteiger partial charge in [-0.15, -0.1) is 0 Å². The van der Waals surface area contributed by atoms with Gasteiger partial charge in [0.2, 0.25) is 0 Å². The van der Waals surface area contributed by atoms with E-state index in [2.05, 4.69) is 16.0 Å². The average Bonchev–Trinajstić information content (AvgIpc) is 3.34. The van der Waals surface area contributed by atoms with Crippen LogP contribution in [-0.2, 0) is 17.7 Å². The van der Waals surface area contributed by atoms with Crippen LogP contribution in [0.15, 0.2) is 30.5 Å². The Hall–Kier alpha value is -2.08. The number of aryl methyl sites for hydroxylation is 1. The molecule has 0 amide bonds. The molecule has 1 aromatic carbocycles. The smallest absolute Gasteiger partial charge is 0.297 e. The number of halogens is 2. The monoisotopic (exact) mass is 419 g/mol. The lowest BCUT2D eigenvalue weighted by Crippen LogP contribution is -2.61. The van der Waals surface area contributed by atoms with E-state index in [1.165, 1.54) is 11.3 Å². The third-order valence-electron chi connectivity index (χ3n) is 5.93. The summed E-state index contributed by atoms with van der Waals surface area (Å²) in [5.41, 5.74) is 1.06. The number of thiazole rings is 1. The second-order valence-electron chi connectivity index (χ2n) is 7.86. The van der Waals surface area contributed by atoms with Crippen LogP contribution in [0.4, 0.5) is 8.78 Å². The minimum atomic E-state index is -2.77. The minimum Gasteiger partial charge on any atom is -0.486 e. The summed E-state index contributed by atoms with van der Waals surface area (Å²) in [7, 11) is 1.61. The summed E-state index contributed by atoms with van der Waals surface area (Å²) in [6.45, 7) is 1.45. The van der Waals surface area contributed by atoms with Crippen LogP contribution in [0.3, 0.4) is 0 Å². The molecule has 29 heavy (non-hydrogen) atoms. The molecule has 0 saturated carbocycles. The normalized spacial score (nSPS) is 26.1. The van der Waals surface area contributed by atoms with Crippen LogP contribution in [0, 0.1) is 16.7 Å². The summed E-state index contributed by atoms with van der Waals surface area (Å²) in [5, 5.41) is 10.6. The number of hydrogen-bond acceptors (Lipinski definition) is 6. The van der Waals surface area contributed by atoms with Crippen LogP contribution in [-0.4, -0.2) is 48.7 Å². The lowest BCUT2D eigenvalue weighted by molar-refractivity contribution is -0.301. The van der Waals surface area contributed by atoms with Gasteiger partial charge in [-0.1, -0.05) is 23.5 Å². The molecule has 2 aliphatic heterocycles. The molecule has 5 nitrogen and oxygen atoms in total. The Morgan fingerprint density at radius 1 is 1.38 bits per heavy atom. The van der Waals surface area contributed by atoms with Gasteiger partial charge in [-0.2, -0.15) is 5.26 Å². The molecule has 0 spiro atoms. The van der Waals surface area contributed by atoms with Crippen LogP contribution in [0.2, 0.25) is 0 Å². The van der Waals surface area contributed by atoms with Crippen LogP contribution in [0.1, 0.15) is 29.0 Å². The molecule has 2 atom stereocenters. The fraction of sp³-hybridized carbons (Fsp3) is 0.524. The second kappa shape index (κ2) is 7.98. The average molecular weight is 419 g/mol. The van der Waals surface area contributed by atoms with Gasteiger partial charge in [0, 0.05) is 12.0 Å². The highest BCUT2D eigenvalue weighted by atomic mass is 32.1. The third-order valence-corrected chi connectivity index (χ3v) is 6.88. The van der Waals surface area contributed by atoms with Crippen molar-refractivity contribution >= 4 is 11.3 Å². The molecule has 2 saturated heterocycles. The zero-order valence-electron chi connectivity index (χ0n) is 16.2. The van der Waals surface area contributed by atoms with Crippen LogP contribution < -0.4 is 4.74 Å². The van der Waals surface area contributed by atoms with Gasteiger partial charge < -0.3 is 9.47 Å². The van der Waals surface area contributed by atoms with Crippen molar-refractivity contribution in [2.24, 2.45) is 5.41 Å². The predicted octanol–water partition coefficient (Wildman–Crippen LogP) is 3.88. The van der Waals surface area contributed by atoms with E-state index in [1.54, 1.807) is 25.4 Å². The van der Waals surface area contributed by atoms with Crippen molar-refractivity contribution in [1.29, 1.82) is 5.26 Å². The molecule has 1 aromatic heterocycles. The first-order valence-corrected chi connectivity index (χ1v) is 10.5. The first-order valence-electron chi connectivity index (χ1n) is 9.64. The van der Waals surface area contributed by atoms with E-state index in [0.29, 0.717) is 37.9 Å². The van der Waals surface area contributed by atoms with Gasteiger partial charge in [-0.3, -0.25) is 4.90 Å². The molecule has 2 aliphatic rings. The van der Waals surface area contributed by atoms with Crippen molar-refractivity contribution in [3.63, 3.8) is 0 Å². The molecule has 3 heterocycles. The highest BCUT2D eigenvalue weighted by Gasteiger charge is 2.61. The van der Waals surface area contributed by atoms with E-state index in [0.717, 1.165) is 22.2 Å². The van der Waals surface area contributed by atoms with Gasteiger partial charge in [-0.05, 0) is 43.5 Å². The first kappa shape index (κ1) is 20.2. The van der Waals surface area contributed by atoms with Gasteiger partial charge in [-0.25, -0.2) is 13.8 Å². The van der Waals surface area contributed by atoms with Crippen molar-refractivity contribution in [2.75, 3.05) is 26.8 Å². The minimum absolute atomic E-state index is 0.486. The van der Waals surface area contributed by atoms with Crippen molar-refractivity contribution in [3.05, 3.63) is 46.6 Å². The number of ether oxygens (including phenoxy) is 2. The van der Waals surface area contributed by atoms with Crippen LogP contribution in [0.5, 0.6) is 5.06 Å². The molecule has 154 valence electrons. The standard InChI is InChI=1S/C21H23F2N3O2S/c1-27-18-11-25-17(29-18)12-26-9-8-20(13-26,19-21(22,23)14-28-19)7-6-15-2-4-16(10-24)5-3-15/h2-5,11,19H,6-9,12-14H2,1H3/t19?,20-/m1/s1. The zero-order chi connectivity index (χ0) is 20.5. The van der Waals surface area contributed by atoms with Crippen molar-refractivity contribution in [1.82, 2.24) is 9.88 Å². The third kappa shape index (κ3) is 4.13. The molecule has 0 bridgehead atoms. The van der Waals surface area contributed by atoms with Crippen LogP contribution in [0.25, 0.3) is 0 Å². The lowest BCUT2D eigenvalue weighted by Gasteiger charge is -2.48. The maximum Gasteiger partial charge on any atom is 0.297 e. The van der Waals surface area contributed by atoms with Gasteiger partial charge in [0.15, 0.2) is 5.06 Å². The van der Waals surface area contributed by atoms with Crippen LogP contribution >= 0.6 is 11.3 Å². The maximum absolute atomic E-state index is 14.3. The molecule has 0 aliphatic carbocycles. The topological polar surface area (TPSA) is 58.4 Å². The Morgan fingerprint density at radius 3 is 2.76 bits per heavy atom. The number of benzene rings is 1. The largest absolute Gasteiger partial charge is 0.486 e. The Morgan fingerprint density at radius 2 is 2.17 bits per heavy atom. The molecule has 8 heteroatoms. The fourth-order valence-corrected chi connectivity index (χ4v) is 5.15. The fourth-order valence-electron chi connectivity index (χ4n) is 4.38. The molecular formula is C21H23F2N3O2S. The van der Waals surface area contributed by atoms with Gasteiger partial charge in [0.25, 0.3) is 5.92 Å². The molecule has 0 N–H and O–H groups in total. The highest BCUT2D eigenvalue weighted by molar-refractivity contribution is 7.13. The molecule has 0 radical (unpaired) electrons. The second-order valence-corrected chi connectivity index (χ2v) is 8.94. The number of hydrogen-bond donors (Lipinski definition) is 0. The van der Waals surface area contributed by atoms with Crippen molar-refractivity contribution < 1.29 is 18.3 Å². The number of nitriles is 1.